The number of carbonyl (C=O) groups excluding carboxylic acids is 1. The fourth-order valence-corrected chi connectivity index (χ4v) is 2.34. The number of rotatable bonds is 0. The lowest BCUT2D eigenvalue weighted by molar-refractivity contribution is -0.117. The van der Waals surface area contributed by atoms with Crippen LogP contribution in [0.5, 0.6) is 0 Å². The molecule has 1 amide bonds. The van der Waals surface area contributed by atoms with Gasteiger partial charge in [-0.05, 0) is 6.07 Å². The number of piperazine rings is 1. The zero-order valence-electron chi connectivity index (χ0n) is 8.96. The number of amides is 1. The van der Waals surface area contributed by atoms with E-state index < -0.39 is 17.7 Å². The molecule has 2 aliphatic heterocycles. The summed E-state index contributed by atoms with van der Waals surface area (Å²) in [7, 11) is 0. The van der Waals surface area contributed by atoms with Crippen LogP contribution in [-0.4, -0.2) is 31.6 Å². The van der Waals surface area contributed by atoms with Crippen LogP contribution in [0.15, 0.2) is 12.1 Å². The van der Waals surface area contributed by atoms with Gasteiger partial charge in [0.25, 0.3) is 0 Å². The first kappa shape index (κ1) is 10.5. The maximum Gasteiger partial charge on any atom is 0.248 e. The molecule has 1 aromatic rings. The monoisotopic (exact) mass is 239 g/mol. The van der Waals surface area contributed by atoms with Gasteiger partial charge < -0.3 is 15.5 Å². The molecule has 2 heterocycles. The molecule has 90 valence electrons. The Morgan fingerprint density at radius 2 is 2.18 bits per heavy atom. The fourth-order valence-electron chi connectivity index (χ4n) is 2.34. The van der Waals surface area contributed by atoms with E-state index >= 15 is 0 Å². The van der Waals surface area contributed by atoms with Gasteiger partial charge in [0.1, 0.15) is 17.5 Å². The summed E-state index contributed by atoms with van der Waals surface area (Å²) >= 11 is 0. The molecule has 1 saturated heterocycles. The minimum Gasteiger partial charge on any atom is -0.355 e. The third kappa shape index (κ3) is 1.56. The van der Waals surface area contributed by atoms with Crippen LogP contribution in [0, 0.1) is 11.6 Å². The molecule has 0 radical (unpaired) electrons. The van der Waals surface area contributed by atoms with E-state index in [0.29, 0.717) is 25.3 Å². The van der Waals surface area contributed by atoms with Gasteiger partial charge in [0.2, 0.25) is 5.91 Å². The van der Waals surface area contributed by atoms with Crippen LogP contribution in [0.4, 0.5) is 20.2 Å². The van der Waals surface area contributed by atoms with E-state index in [9.17, 15) is 13.6 Å². The smallest absolute Gasteiger partial charge is 0.248 e. The molecule has 17 heavy (non-hydrogen) atoms. The topological polar surface area (TPSA) is 44.4 Å². The molecule has 2 N–H and O–H groups in total. The number of carbonyl (C=O) groups is 1. The molecule has 1 atom stereocenters. The Bertz CT molecular complexity index is 492. The highest BCUT2D eigenvalue weighted by Gasteiger charge is 2.36. The van der Waals surface area contributed by atoms with Crippen LogP contribution < -0.4 is 15.5 Å². The Morgan fingerprint density at radius 1 is 1.35 bits per heavy atom. The standard InChI is InChI=1S/C11H11F2N3O/c12-6-3-7(13)10-8(4-6)16-2-1-14-5-9(16)11(17)15-10/h3-4,9,14H,1-2,5H2,(H,15,17). The molecule has 4 nitrogen and oxygen atoms in total. The zero-order valence-corrected chi connectivity index (χ0v) is 8.96. The number of hydrogen-bond acceptors (Lipinski definition) is 3. The number of hydrogen-bond donors (Lipinski definition) is 2. The van der Waals surface area contributed by atoms with E-state index in [4.69, 9.17) is 0 Å². The van der Waals surface area contributed by atoms with Crippen LogP contribution in [0.3, 0.4) is 0 Å². The van der Waals surface area contributed by atoms with E-state index in [2.05, 4.69) is 10.6 Å². The summed E-state index contributed by atoms with van der Waals surface area (Å²) in [5.41, 5.74) is 0.503. The molecule has 0 aliphatic carbocycles. The number of benzene rings is 1. The van der Waals surface area contributed by atoms with E-state index in [1.54, 1.807) is 4.90 Å². The van der Waals surface area contributed by atoms with Gasteiger partial charge >= 0.3 is 0 Å². The number of nitrogens with zero attached hydrogens (tertiary/aromatic N) is 1. The van der Waals surface area contributed by atoms with E-state index in [1.165, 1.54) is 6.07 Å². The average molecular weight is 239 g/mol. The molecule has 1 fully saturated rings. The van der Waals surface area contributed by atoms with Gasteiger partial charge in [0.05, 0.1) is 5.69 Å². The Kier molecular flexibility index (Phi) is 2.25. The molecule has 0 bridgehead atoms. The summed E-state index contributed by atoms with van der Waals surface area (Å²) in [6.45, 7) is 1.75. The Balaban J connectivity index is 2.13. The van der Waals surface area contributed by atoms with Gasteiger partial charge in [-0.3, -0.25) is 4.79 Å². The van der Waals surface area contributed by atoms with Crippen molar-refractivity contribution in [2.75, 3.05) is 29.9 Å². The van der Waals surface area contributed by atoms with Crippen LogP contribution in [0.25, 0.3) is 0 Å². The average Bonchev–Trinajstić information content (AvgIpc) is 2.31. The maximum absolute atomic E-state index is 13.6. The van der Waals surface area contributed by atoms with Crippen molar-refractivity contribution in [3.05, 3.63) is 23.8 Å². The van der Waals surface area contributed by atoms with Crippen molar-refractivity contribution < 1.29 is 13.6 Å². The van der Waals surface area contributed by atoms with Crippen LogP contribution >= 0.6 is 0 Å². The second kappa shape index (κ2) is 3.66. The normalized spacial score (nSPS) is 22.8. The highest BCUT2D eigenvalue weighted by atomic mass is 19.1. The highest BCUT2D eigenvalue weighted by molar-refractivity contribution is 6.04. The predicted molar refractivity (Wildman–Crippen MR) is 59.0 cm³/mol. The minimum absolute atomic E-state index is 0.0783. The first-order valence-corrected chi connectivity index (χ1v) is 5.44. The Hall–Kier alpha value is -1.69. The Labute approximate surface area is 96.6 Å². The summed E-state index contributed by atoms with van der Waals surface area (Å²) in [5, 5.41) is 5.58. The van der Waals surface area contributed by atoms with Gasteiger partial charge in [0.15, 0.2) is 5.82 Å². The van der Waals surface area contributed by atoms with E-state index in [-0.39, 0.29) is 11.6 Å². The lowest BCUT2D eigenvalue weighted by atomic mass is 10.1. The summed E-state index contributed by atoms with van der Waals surface area (Å²) < 4.78 is 26.8. The lowest BCUT2D eigenvalue weighted by Gasteiger charge is -2.41. The molecule has 0 saturated carbocycles. The van der Waals surface area contributed by atoms with Crippen LogP contribution in [-0.2, 0) is 4.79 Å². The molecule has 0 spiro atoms. The molecule has 6 heteroatoms. The van der Waals surface area contributed by atoms with Crippen molar-refractivity contribution >= 4 is 17.3 Å². The van der Waals surface area contributed by atoms with Crippen molar-refractivity contribution in [3.8, 4) is 0 Å². The lowest BCUT2D eigenvalue weighted by Crippen LogP contribution is -2.59. The van der Waals surface area contributed by atoms with Gasteiger partial charge in [-0.15, -0.1) is 0 Å². The second-order valence-corrected chi connectivity index (χ2v) is 4.18. The SMILES string of the molecule is O=C1Nc2c(F)cc(F)cc2N2CCNCC12. The maximum atomic E-state index is 13.6. The summed E-state index contributed by atoms with van der Waals surface area (Å²) in [6, 6.07) is 1.65. The molecule has 2 aliphatic rings. The van der Waals surface area contributed by atoms with Gasteiger partial charge in [0, 0.05) is 25.7 Å². The predicted octanol–water partition coefficient (Wildman–Crippen LogP) is 0.695. The molecular formula is C11H11F2N3O. The largest absolute Gasteiger partial charge is 0.355 e. The summed E-state index contributed by atoms with van der Waals surface area (Å²) in [4.78, 5) is 13.5. The van der Waals surface area contributed by atoms with E-state index in [1.807, 2.05) is 0 Å². The molecule has 1 aromatic carbocycles. The van der Waals surface area contributed by atoms with E-state index in [0.717, 1.165) is 6.07 Å². The van der Waals surface area contributed by atoms with Crippen LogP contribution in [0.1, 0.15) is 0 Å². The third-order valence-corrected chi connectivity index (χ3v) is 3.14. The quantitative estimate of drug-likeness (QED) is 0.700. The second-order valence-electron chi connectivity index (χ2n) is 4.18. The number of nitrogens with one attached hydrogen (secondary N) is 2. The van der Waals surface area contributed by atoms with Gasteiger partial charge in [-0.2, -0.15) is 0 Å². The van der Waals surface area contributed by atoms with Crippen molar-refractivity contribution in [1.82, 2.24) is 5.32 Å². The summed E-state index contributed by atoms with van der Waals surface area (Å²) in [6.07, 6.45) is 0. The molecule has 3 rings (SSSR count). The number of anilines is 2. The minimum atomic E-state index is -0.731. The highest BCUT2D eigenvalue weighted by Crippen LogP contribution is 2.35. The number of halogens is 2. The summed E-state index contributed by atoms with van der Waals surface area (Å²) in [5.74, 6) is -1.62. The fraction of sp³-hybridized carbons (Fsp3) is 0.364. The molecular weight excluding hydrogens is 228 g/mol. The van der Waals surface area contributed by atoms with Crippen molar-refractivity contribution in [1.29, 1.82) is 0 Å². The zero-order chi connectivity index (χ0) is 12.0. The van der Waals surface area contributed by atoms with Crippen molar-refractivity contribution in [2.24, 2.45) is 0 Å². The molecule has 0 aromatic heterocycles. The first-order valence-electron chi connectivity index (χ1n) is 5.44. The first-order chi connectivity index (χ1) is 8.16. The van der Waals surface area contributed by atoms with Gasteiger partial charge in [-0.25, -0.2) is 8.78 Å². The third-order valence-electron chi connectivity index (χ3n) is 3.14. The van der Waals surface area contributed by atoms with Crippen molar-refractivity contribution in [3.63, 3.8) is 0 Å². The van der Waals surface area contributed by atoms with Gasteiger partial charge in [-0.1, -0.05) is 0 Å². The van der Waals surface area contributed by atoms with Crippen molar-refractivity contribution in [2.45, 2.75) is 6.04 Å². The number of fused-ring (bicyclic) bond motifs is 3. The van der Waals surface area contributed by atoms with Crippen LogP contribution in [0.2, 0.25) is 0 Å². The molecule has 1 unspecified atom stereocenters. The Morgan fingerprint density at radius 3 is 3.00 bits per heavy atom.